The van der Waals surface area contributed by atoms with Crippen molar-refractivity contribution >= 4 is 22.4 Å². The smallest absolute Gasteiger partial charge is 0.123 e. The minimum atomic E-state index is -0.133. The molecular weight excluding hydrogens is 272 g/mol. The van der Waals surface area contributed by atoms with Crippen molar-refractivity contribution in [2.75, 3.05) is 6.61 Å². The number of aliphatic hydroxyl groups is 1. The van der Waals surface area contributed by atoms with Gasteiger partial charge < -0.3 is 10.2 Å². The van der Waals surface area contributed by atoms with Crippen molar-refractivity contribution in [1.29, 1.82) is 0 Å². The lowest BCUT2D eigenvalue weighted by Crippen LogP contribution is -2.27. The monoisotopic (exact) mass is 290 g/mol. The molecule has 0 amide bonds. The largest absolute Gasteiger partial charge is 0.507 e. The highest BCUT2D eigenvalue weighted by Gasteiger charge is 2.12. The van der Waals surface area contributed by atoms with Gasteiger partial charge >= 0.3 is 0 Å². The van der Waals surface area contributed by atoms with E-state index in [2.05, 4.69) is 0 Å². The van der Waals surface area contributed by atoms with Crippen LogP contribution in [0.3, 0.4) is 0 Å². The molecule has 0 bridgehead atoms. The Morgan fingerprint density at radius 3 is 2.45 bits per heavy atom. The fourth-order valence-corrected chi connectivity index (χ4v) is 2.90. The second kappa shape index (κ2) is 6.04. The van der Waals surface area contributed by atoms with Gasteiger partial charge in [-0.1, -0.05) is 60.7 Å². The van der Waals surface area contributed by atoms with Gasteiger partial charge in [0.15, 0.2) is 0 Å². The molecule has 22 heavy (non-hydrogen) atoms. The Balaban J connectivity index is 2.51. The zero-order valence-corrected chi connectivity index (χ0v) is 12.5. The average molecular weight is 290 g/mol. The topological polar surface area (TPSA) is 40.5 Å². The molecule has 0 saturated carbocycles. The molecule has 0 unspecified atom stereocenters. The maximum Gasteiger partial charge on any atom is 0.123 e. The number of phenols is 1. The molecule has 3 aromatic rings. The predicted molar refractivity (Wildman–Crippen MR) is 91.0 cm³/mol. The molecule has 0 spiro atoms. The number of aliphatic hydroxyl groups excluding tert-OH is 1. The highest BCUT2D eigenvalue weighted by atomic mass is 16.3. The highest BCUT2D eigenvalue weighted by Crippen LogP contribution is 2.31. The number of hydrogen-bond donors (Lipinski definition) is 2. The Morgan fingerprint density at radius 1 is 0.955 bits per heavy atom. The molecule has 2 N–H and O–H groups in total. The molecule has 0 heterocycles. The molecule has 0 fully saturated rings. The molecule has 0 radical (unpaired) electrons. The molecule has 110 valence electrons. The van der Waals surface area contributed by atoms with E-state index in [0.717, 1.165) is 26.8 Å². The van der Waals surface area contributed by atoms with Gasteiger partial charge in [0, 0.05) is 5.56 Å². The van der Waals surface area contributed by atoms with Crippen LogP contribution in [0.5, 0.6) is 5.75 Å². The van der Waals surface area contributed by atoms with Gasteiger partial charge in [0.1, 0.15) is 5.75 Å². The van der Waals surface area contributed by atoms with E-state index >= 15 is 0 Å². The van der Waals surface area contributed by atoms with E-state index in [4.69, 9.17) is 0 Å². The van der Waals surface area contributed by atoms with Crippen LogP contribution in [0.15, 0.2) is 60.7 Å². The molecule has 0 aliphatic rings. The number of phenolic OH excluding ortho intramolecular Hbond substituents is 1. The molecule has 0 atom stereocenters. The molecule has 3 rings (SSSR count). The van der Waals surface area contributed by atoms with Crippen molar-refractivity contribution in [2.24, 2.45) is 0 Å². The number of benzene rings is 3. The number of fused-ring (bicyclic) bond motifs is 1. The Labute approximate surface area is 129 Å². The summed E-state index contributed by atoms with van der Waals surface area (Å²) in [6.45, 7) is 1.84. The molecule has 0 aliphatic heterocycles. The summed E-state index contributed by atoms with van der Waals surface area (Å²) in [4.78, 5) is 0. The van der Waals surface area contributed by atoms with E-state index in [1.807, 2.05) is 67.6 Å². The summed E-state index contributed by atoms with van der Waals surface area (Å²) in [6.07, 6.45) is 2.01. The first kappa shape index (κ1) is 14.4. The maximum absolute atomic E-state index is 10.4. The van der Waals surface area contributed by atoms with Crippen LogP contribution < -0.4 is 10.4 Å². The summed E-state index contributed by atoms with van der Waals surface area (Å²) in [7, 11) is 0. The Morgan fingerprint density at radius 2 is 1.68 bits per heavy atom. The van der Waals surface area contributed by atoms with Gasteiger partial charge in [-0.25, -0.2) is 0 Å². The van der Waals surface area contributed by atoms with Crippen molar-refractivity contribution < 1.29 is 10.2 Å². The summed E-state index contributed by atoms with van der Waals surface area (Å²) in [5.41, 5.74) is 1.44. The summed E-state index contributed by atoms with van der Waals surface area (Å²) < 4.78 is 0. The lowest BCUT2D eigenvalue weighted by molar-refractivity contribution is 0.348. The summed E-state index contributed by atoms with van der Waals surface area (Å²) >= 11 is 0. The quantitative estimate of drug-likeness (QED) is 0.761. The molecule has 2 nitrogen and oxygen atoms in total. The molecule has 0 aliphatic carbocycles. The Hall–Kier alpha value is -2.58. The van der Waals surface area contributed by atoms with Gasteiger partial charge in [-0.05, 0) is 39.8 Å². The second-order valence-corrected chi connectivity index (χ2v) is 5.19. The van der Waals surface area contributed by atoms with Crippen molar-refractivity contribution in [3.8, 4) is 5.75 Å². The molecular formula is C20H18O2. The van der Waals surface area contributed by atoms with Gasteiger partial charge in [0.05, 0.1) is 6.61 Å². The lowest BCUT2D eigenvalue weighted by atomic mass is 9.95. The normalized spacial score (nSPS) is 13.5. The van der Waals surface area contributed by atoms with E-state index in [1.54, 1.807) is 6.07 Å². The summed E-state index contributed by atoms with van der Waals surface area (Å²) in [6, 6.07) is 19.4. The van der Waals surface area contributed by atoms with Crippen LogP contribution in [-0.4, -0.2) is 16.8 Å². The average Bonchev–Trinajstić information content (AvgIpc) is 2.58. The minimum Gasteiger partial charge on any atom is -0.507 e. The van der Waals surface area contributed by atoms with Crippen molar-refractivity contribution in [3.63, 3.8) is 0 Å². The van der Waals surface area contributed by atoms with E-state index in [1.165, 1.54) is 0 Å². The Bertz CT molecular complexity index is 939. The molecule has 0 saturated heterocycles. The van der Waals surface area contributed by atoms with Crippen molar-refractivity contribution in [1.82, 2.24) is 0 Å². The lowest BCUT2D eigenvalue weighted by Gasteiger charge is -2.12. The van der Waals surface area contributed by atoms with Crippen LogP contribution >= 0.6 is 0 Å². The third kappa shape index (κ3) is 2.38. The van der Waals surface area contributed by atoms with E-state index in [-0.39, 0.29) is 12.4 Å². The van der Waals surface area contributed by atoms with Crippen LogP contribution in [-0.2, 0) is 0 Å². The van der Waals surface area contributed by atoms with Gasteiger partial charge in [-0.3, -0.25) is 0 Å². The van der Waals surface area contributed by atoms with Crippen LogP contribution in [0.4, 0.5) is 0 Å². The zero-order valence-electron chi connectivity index (χ0n) is 12.5. The fraction of sp³-hybridized carbons (Fsp3) is 0.100. The summed E-state index contributed by atoms with van der Waals surface area (Å²) in [5.74, 6) is 0.189. The molecule has 0 aromatic heterocycles. The van der Waals surface area contributed by atoms with E-state index in [9.17, 15) is 10.2 Å². The van der Waals surface area contributed by atoms with Crippen molar-refractivity contribution in [3.05, 3.63) is 76.7 Å². The van der Waals surface area contributed by atoms with E-state index < -0.39 is 0 Å². The first-order chi connectivity index (χ1) is 10.8. The standard InChI is InChI=1S/C20H18O2/c1-2-14-7-3-5-9-16(14)18(13-21)20-17-10-6-4-8-15(17)11-12-19(20)22/h2-12,21-22H,13H2,1H3/b14-2-,18-16+. The van der Waals surface area contributed by atoms with Crippen LogP contribution in [0.1, 0.15) is 12.5 Å². The SMILES string of the molecule is C/C=c1/cccc/c1=C(/CO)c1c(O)ccc2ccccc12. The third-order valence-corrected chi connectivity index (χ3v) is 3.96. The third-order valence-electron chi connectivity index (χ3n) is 3.96. The zero-order chi connectivity index (χ0) is 15.5. The maximum atomic E-state index is 10.4. The number of hydrogen-bond acceptors (Lipinski definition) is 2. The van der Waals surface area contributed by atoms with Gasteiger partial charge in [-0.2, -0.15) is 0 Å². The van der Waals surface area contributed by atoms with Gasteiger partial charge in [0.25, 0.3) is 0 Å². The first-order valence-electron chi connectivity index (χ1n) is 7.32. The van der Waals surface area contributed by atoms with Crippen LogP contribution in [0.2, 0.25) is 0 Å². The molecule has 3 aromatic carbocycles. The van der Waals surface area contributed by atoms with Crippen LogP contribution in [0.25, 0.3) is 22.4 Å². The van der Waals surface area contributed by atoms with Gasteiger partial charge in [-0.15, -0.1) is 0 Å². The fourth-order valence-electron chi connectivity index (χ4n) is 2.90. The number of aromatic hydroxyl groups is 1. The number of rotatable bonds is 2. The van der Waals surface area contributed by atoms with Crippen molar-refractivity contribution in [2.45, 2.75) is 6.92 Å². The van der Waals surface area contributed by atoms with Gasteiger partial charge in [0.2, 0.25) is 0 Å². The highest BCUT2D eigenvalue weighted by molar-refractivity contribution is 5.96. The van der Waals surface area contributed by atoms with E-state index in [0.29, 0.717) is 5.56 Å². The minimum absolute atomic E-state index is 0.133. The first-order valence-corrected chi connectivity index (χ1v) is 7.32. The predicted octanol–water partition coefficient (Wildman–Crippen LogP) is 2.54. The molecule has 2 heteroatoms. The summed E-state index contributed by atoms with van der Waals surface area (Å²) in [5, 5.41) is 24.3. The Kier molecular flexibility index (Phi) is 3.94. The van der Waals surface area contributed by atoms with Crippen LogP contribution in [0, 0.1) is 0 Å². The second-order valence-electron chi connectivity index (χ2n) is 5.19.